The van der Waals surface area contributed by atoms with Crippen molar-refractivity contribution in [3.63, 3.8) is 0 Å². The van der Waals surface area contributed by atoms with Crippen molar-refractivity contribution in [2.75, 3.05) is 10.6 Å². The summed E-state index contributed by atoms with van der Waals surface area (Å²) in [4.78, 5) is 24.2. The normalized spacial score (nSPS) is 11.1. The molecule has 0 unspecified atom stereocenters. The molecule has 0 saturated carbocycles. The van der Waals surface area contributed by atoms with Gasteiger partial charge in [0.2, 0.25) is 5.91 Å². The van der Waals surface area contributed by atoms with Crippen LogP contribution in [0.1, 0.15) is 26.3 Å². The number of benzene rings is 2. The monoisotopic (exact) mass is 410 g/mol. The van der Waals surface area contributed by atoms with Crippen LogP contribution in [0.2, 0.25) is 0 Å². The summed E-state index contributed by atoms with van der Waals surface area (Å²) in [6.07, 6.45) is -0.855. The van der Waals surface area contributed by atoms with E-state index in [1.165, 1.54) is 30.3 Å². The van der Waals surface area contributed by atoms with Gasteiger partial charge in [-0.05, 0) is 56.7 Å². The second kappa shape index (κ2) is 9.31. The minimum absolute atomic E-state index is 0.0295. The first kappa shape index (κ1) is 22.1. The van der Waals surface area contributed by atoms with E-state index >= 15 is 0 Å². The minimum atomic E-state index is -2.94. The van der Waals surface area contributed by atoms with E-state index in [1.807, 2.05) is 0 Å². The average Bonchev–Trinajstić information content (AvgIpc) is 2.57. The molecule has 0 radical (unpaired) electrons. The Labute approximate surface area is 166 Å². The van der Waals surface area contributed by atoms with Crippen LogP contribution in [0.25, 0.3) is 0 Å². The van der Waals surface area contributed by atoms with Crippen LogP contribution in [0.15, 0.2) is 42.5 Å². The Balaban J connectivity index is 2.05. The molecule has 0 heterocycles. The largest absolute Gasteiger partial charge is 0.444 e. The molecule has 0 aliphatic rings. The predicted octanol–water partition coefficient (Wildman–Crippen LogP) is 4.96. The Kier molecular flexibility index (Phi) is 7.08. The summed E-state index contributed by atoms with van der Waals surface area (Å²) < 4.78 is 47.3. The van der Waals surface area contributed by atoms with Crippen LogP contribution >= 0.6 is 0 Å². The van der Waals surface area contributed by atoms with Crippen LogP contribution in [0, 0.1) is 5.82 Å². The Morgan fingerprint density at radius 2 is 1.66 bits per heavy atom. The molecule has 2 aromatic rings. The standard InChI is InChI=1S/C20H21F3N2O4/c1-20(2,3)29-19(27)25-15-9-6-13(21)11-16(15)24-17(26)10-12-4-7-14(8-5-12)28-18(22)23/h4-9,11,18H,10H2,1-3H3,(H,24,26)(H,25,27). The Hall–Kier alpha value is -3.23. The molecule has 0 aliphatic heterocycles. The fourth-order valence-electron chi connectivity index (χ4n) is 2.31. The van der Waals surface area contributed by atoms with Crippen molar-refractivity contribution in [1.82, 2.24) is 0 Å². The maximum atomic E-state index is 13.6. The Bertz CT molecular complexity index is 865. The summed E-state index contributed by atoms with van der Waals surface area (Å²) in [6, 6.07) is 9.03. The number of carbonyl (C=O) groups excluding carboxylic acids is 2. The van der Waals surface area contributed by atoms with Gasteiger partial charge in [0.1, 0.15) is 17.2 Å². The first-order chi connectivity index (χ1) is 13.5. The zero-order chi connectivity index (χ0) is 21.6. The summed E-state index contributed by atoms with van der Waals surface area (Å²) in [5, 5.41) is 4.97. The Morgan fingerprint density at radius 1 is 1.00 bits per heavy atom. The third-order valence-corrected chi connectivity index (χ3v) is 3.40. The zero-order valence-electron chi connectivity index (χ0n) is 16.1. The van der Waals surface area contributed by atoms with E-state index in [2.05, 4.69) is 15.4 Å². The molecule has 2 amide bonds. The van der Waals surface area contributed by atoms with Gasteiger partial charge in [-0.25, -0.2) is 9.18 Å². The molecule has 0 bridgehead atoms. The fourth-order valence-corrected chi connectivity index (χ4v) is 2.31. The molecule has 6 nitrogen and oxygen atoms in total. The van der Waals surface area contributed by atoms with E-state index in [1.54, 1.807) is 20.8 Å². The number of halogens is 3. The molecule has 0 spiro atoms. The van der Waals surface area contributed by atoms with Crippen LogP contribution < -0.4 is 15.4 Å². The lowest BCUT2D eigenvalue weighted by atomic mass is 10.1. The van der Waals surface area contributed by atoms with Gasteiger partial charge in [-0.1, -0.05) is 12.1 Å². The molecule has 0 atom stereocenters. The highest BCUT2D eigenvalue weighted by Crippen LogP contribution is 2.24. The van der Waals surface area contributed by atoms with Gasteiger partial charge in [-0.2, -0.15) is 8.78 Å². The van der Waals surface area contributed by atoms with Crippen molar-refractivity contribution in [2.24, 2.45) is 0 Å². The quantitative estimate of drug-likeness (QED) is 0.706. The number of nitrogens with one attached hydrogen (secondary N) is 2. The Morgan fingerprint density at radius 3 is 2.24 bits per heavy atom. The number of rotatable bonds is 6. The zero-order valence-corrected chi connectivity index (χ0v) is 16.1. The number of alkyl halides is 2. The second-order valence-electron chi connectivity index (χ2n) is 7.06. The lowest BCUT2D eigenvalue weighted by Crippen LogP contribution is -2.27. The van der Waals surface area contributed by atoms with Crippen LogP contribution in [-0.2, 0) is 16.0 Å². The fraction of sp³-hybridized carbons (Fsp3) is 0.300. The van der Waals surface area contributed by atoms with Crippen LogP contribution in [-0.4, -0.2) is 24.2 Å². The van der Waals surface area contributed by atoms with Gasteiger partial charge in [-0.15, -0.1) is 0 Å². The summed E-state index contributed by atoms with van der Waals surface area (Å²) in [5.41, 5.74) is 0.0173. The molecular weight excluding hydrogens is 389 g/mol. The molecule has 0 fully saturated rings. The van der Waals surface area contributed by atoms with Gasteiger partial charge < -0.3 is 14.8 Å². The number of amides is 2. The lowest BCUT2D eigenvalue weighted by Gasteiger charge is -2.20. The molecule has 2 N–H and O–H groups in total. The van der Waals surface area contributed by atoms with E-state index in [4.69, 9.17) is 4.74 Å². The van der Waals surface area contributed by atoms with Crippen LogP contribution in [0.4, 0.5) is 29.3 Å². The summed E-state index contributed by atoms with van der Waals surface area (Å²) in [6.45, 7) is 2.14. The van der Waals surface area contributed by atoms with E-state index in [0.717, 1.165) is 12.1 Å². The number of anilines is 2. The van der Waals surface area contributed by atoms with Gasteiger partial charge in [0.25, 0.3) is 0 Å². The SMILES string of the molecule is CC(C)(C)OC(=O)Nc1ccc(F)cc1NC(=O)Cc1ccc(OC(F)F)cc1. The number of hydrogen-bond acceptors (Lipinski definition) is 4. The number of carbonyl (C=O) groups is 2. The summed E-state index contributed by atoms with van der Waals surface area (Å²) in [5.74, 6) is -1.13. The van der Waals surface area contributed by atoms with Crippen LogP contribution in [0.5, 0.6) is 5.75 Å². The van der Waals surface area contributed by atoms with Gasteiger partial charge in [0.15, 0.2) is 0 Å². The molecule has 9 heteroatoms. The maximum Gasteiger partial charge on any atom is 0.412 e. The topological polar surface area (TPSA) is 76.7 Å². The van der Waals surface area contributed by atoms with Gasteiger partial charge >= 0.3 is 12.7 Å². The van der Waals surface area contributed by atoms with Gasteiger partial charge in [-0.3, -0.25) is 10.1 Å². The van der Waals surface area contributed by atoms with Crippen molar-refractivity contribution in [1.29, 1.82) is 0 Å². The third kappa shape index (κ3) is 7.73. The molecule has 0 aromatic heterocycles. The highest BCUT2D eigenvalue weighted by Gasteiger charge is 2.18. The van der Waals surface area contributed by atoms with Gasteiger partial charge in [0.05, 0.1) is 17.8 Å². The average molecular weight is 410 g/mol. The molecule has 2 aromatic carbocycles. The maximum absolute atomic E-state index is 13.6. The van der Waals surface area contributed by atoms with Gasteiger partial charge in [0, 0.05) is 0 Å². The lowest BCUT2D eigenvalue weighted by molar-refractivity contribution is -0.115. The van der Waals surface area contributed by atoms with E-state index in [0.29, 0.717) is 5.56 Å². The molecule has 0 saturated heterocycles. The minimum Gasteiger partial charge on any atom is -0.444 e. The highest BCUT2D eigenvalue weighted by atomic mass is 19.3. The number of hydrogen-bond donors (Lipinski definition) is 2. The number of ether oxygens (including phenoxy) is 2. The molecule has 29 heavy (non-hydrogen) atoms. The van der Waals surface area contributed by atoms with Crippen molar-refractivity contribution in [3.8, 4) is 5.75 Å². The van der Waals surface area contributed by atoms with E-state index < -0.39 is 30.0 Å². The van der Waals surface area contributed by atoms with Crippen molar-refractivity contribution in [3.05, 3.63) is 53.8 Å². The molecular formula is C20H21F3N2O4. The van der Waals surface area contributed by atoms with Crippen molar-refractivity contribution >= 4 is 23.4 Å². The summed E-state index contributed by atoms with van der Waals surface area (Å²) in [7, 11) is 0. The van der Waals surface area contributed by atoms with Crippen molar-refractivity contribution < 1.29 is 32.2 Å². The smallest absolute Gasteiger partial charge is 0.412 e. The first-order valence-electron chi connectivity index (χ1n) is 8.65. The molecule has 0 aliphatic carbocycles. The highest BCUT2D eigenvalue weighted by molar-refractivity contribution is 5.98. The van der Waals surface area contributed by atoms with Crippen molar-refractivity contribution in [2.45, 2.75) is 39.4 Å². The van der Waals surface area contributed by atoms with E-state index in [-0.39, 0.29) is 23.5 Å². The third-order valence-electron chi connectivity index (χ3n) is 3.40. The summed E-state index contributed by atoms with van der Waals surface area (Å²) >= 11 is 0. The molecule has 156 valence electrons. The second-order valence-corrected chi connectivity index (χ2v) is 7.06. The van der Waals surface area contributed by atoms with E-state index in [9.17, 15) is 22.8 Å². The molecule has 2 rings (SSSR count). The predicted molar refractivity (Wildman–Crippen MR) is 102 cm³/mol. The first-order valence-corrected chi connectivity index (χ1v) is 8.65. The van der Waals surface area contributed by atoms with Crippen LogP contribution in [0.3, 0.4) is 0 Å².